The first-order valence-corrected chi connectivity index (χ1v) is 13.5. The predicted octanol–water partition coefficient (Wildman–Crippen LogP) is 2.69. The highest BCUT2D eigenvalue weighted by Gasteiger charge is 2.29. The van der Waals surface area contributed by atoms with Gasteiger partial charge in [-0.3, -0.25) is 9.10 Å². The van der Waals surface area contributed by atoms with E-state index in [0.29, 0.717) is 11.4 Å². The number of nitrogens with one attached hydrogen (secondary N) is 2. The summed E-state index contributed by atoms with van der Waals surface area (Å²) in [7, 11) is -7.70. The van der Waals surface area contributed by atoms with Gasteiger partial charge in [-0.1, -0.05) is 6.07 Å². The van der Waals surface area contributed by atoms with Gasteiger partial charge >= 0.3 is 0 Å². The lowest BCUT2D eigenvalue weighted by Crippen LogP contribution is -2.45. The van der Waals surface area contributed by atoms with Crippen LogP contribution in [0.15, 0.2) is 65.8 Å². The molecule has 0 spiro atoms. The highest BCUT2D eigenvalue weighted by molar-refractivity contribution is 7.92. The third kappa shape index (κ3) is 6.08. The first-order valence-electron chi connectivity index (χ1n) is 10.2. The second-order valence-corrected chi connectivity index (χ2v) is 11.3. The van der Waals surface area contributed by atoms with Crippen LogP contribution in [0.1, 0.15) is 18.1 Å². The van der Waals surface area contributed by atoms with E-state index in [0.717, 1.165) is 21.7 Å². The fourth-order valence-electron chi connectivity index (χ4n) is 3.38. The van der Waals surface area contributed by atoms with E-state index in [1.165, 1.54) is 43.6 Å². The van der Waals surface area contributed by atoms with Gasteiger partial charge in [-0.05, 0) is 74.4 Å². The number of aromatic nitrogens is 2. The summed E-state index contributed by atoms with van der Waals surface area (Å²) < 4.78 is 53.4. The van der Waals surface area contributed by atoms with Gasteiger partial charge in [0.15, 0.2) is 0 Å². The third-order valence-corrected chi connectivity index (χ3v) is 7.36. The fraction of sp³-hybridized carbons (Fsp3) is 0.227. The molecule has 0 fully saturated rings. The van der Waals surface area contributed by atoms with Crippen molar-refractivity contribution in [1.82, 2.24) is 9.97 Å². The van der Waals surface area contributed by atoms with Crippen LogP contribution in [0.3, 0.4) is 0 Å². The summed E-state index contributed by atoms with van der Waals surface area (Å²) in [4.78, 5) is 20.5. The molecule has 0 aliphatic rings. The van der Waals surface area contributed by atoms with Crippen LogP contribution in [0.5, 0.6) is 0 Å². The van der Waals surface area contributed by atoms with Crippen LogP contribution in [0.4, 0.5) is 17.3 Å². The number of hydrogen-bond acceptors (Lipinski definition) is 7. The Hall–Kier alpha value is -3.51. The largest absolute Gasteiger partial charge is 0.324 e. The van der Waals surface area contributed by atoms with Crippen molar-refractivity contribution in [2.45, 2.75) is 31.7 Å². The van der Waals surface area contributed by atoms with E-state index < -0.39 is 32.0 Å². The normalized spacial score (nSPS) is 12.6. The Kier molecular flexibility index (Phi) is 7.22. The second-order valence-electron chi connectivity index (χ2n) is 7.77. The van der Waals surface area contributed by atoms with Gasteiger partial charge in [0.05, 0.1) is 16.8 Å². The predicted molar refractivity (Wildman–Crippen MR) is 131 cm³/mol. The van der Waals surface area contributed by atoms with Crippen LogP contribution in [0, 0.1) is 13.8 Å². The van der Waals surface area contributed by atoms with Gasteiger partial charge in [0.2, 0.25) is 21.9 Å². The molecular weight excluding hydrogens is 478 g/mol. The Balaban J connectivity index is 1.78. The monoisotopic (exact) mass is 503 g/mol. The molecular formula is C22H25N5O5S2. The Morgan fingerprint density at radius 1 is 0.941 bits per heavy atom. The smallest absolute Gasteiger partial charge is 0.264 e. The molecule has 0 saturated heterocycles. The van der Waals surface area contributed by atoms with Crippen LogP contribution in [0.25, 0.3) is 0 Å². The van der Waals surface area contributed by atoms with Crippen LogP contribution >= 0.6 is 0 Å². The van der Waals surface area contributed by atoms with E-state index in [1.807, 2.05) is 19.9 Å². The molecule has 2 aromatic carbocycles. The summed E-state index contributed by atoms with van der Waals surface area (Å²) in [5, 5.41) is 2.64. The lowest BCUT2D eigenvalue weighted by molar-refractivity contribution is -0.116. The SMILES string of the molecule is Cc1cc(C)cc(N([C@H](C)C(=O)Nc2ccc(S(=O)(=O)Nc3ncccn3)cc2)S(C)(=O)=O)c1. The zero-order valence-corrected chi connectivity index (χ0v) is 20.7. The molecule has 0 unspecified atom stereocenters. The number of nitrogens with zero attached hydrogens (tertiary/aromatic N) is 3. The minimum atomic E-state index is -3.93. The molecule has 34 heavy (non-hydrogen) atoms. The van der Waals surface area contributed by atoms with E-state index in [4.69, 9.17) is 0 Å². The van der Waals surface area contributed by atoms with E-state index in [2.05, 4.69) is 20.0 Å². The molecule has 180 valence electrons. The third-order valence-electron chi connectivity index (χ3n) is 4.77. The molecule has 3 aromatic rings. The van der Waals surface area contributed by atoms with Crippen LogP contribution in [-0.2, 0) is 24.8 Å². The Labute approximate surface area is 199 Å². The van der Waals surface area contributed by atoms with Crippen molar-refractivity contribution < 1.29 is 21.6 Å². The van der Waals surface area contributed by atoms with Crippen LogP contribution in [-0.4, -0.2) is 45.0 Å². The van der Waals surface area contributed by atoms with Crippen LogP contribution in [0.2, 0.25) is 0 Å². The van der Waals surface area contributed by atoms with Crippen molar-refractivity contribution in [3.05, 3.63) is 72.1 Å². The first kappa shape index (κ1) is 25.1. The molecule has 0 aliphatic carbocycles. The first-order chi connectivity index (χ1) is 15.9. The molecule has 0 aliphatic heterocycles. The van der Waals surface area contributed by atoms with E-state index in [9.17, 15) is 21.6 Å². The van der Waals surface area contributed by atoms with Gasteiger partial charge in [0, 0.05) is 18.1 Å². The molecule has 1 heterocycles. The molecule has 10 nitrogen and oxygen atoms in total. The van der Waals surface area contributed by atoms with Gasteiger partial charge < -0.3 is 5.32 Å². The Bertz CT molecular complexity index is 1370. The van der Waals surface area contributed by atoms with Crippen molar-refractivity contribution in [1.29, 1.82) is 0 Å². The lowest BCUT2D eigenvalue weighted by atomic mass is 10.1. The van der Waals surface area contributed by atoms with E-state index in [1.54, 1.807) is 18.2 Å². The van der Waals surface area contributed by atoms with Crippen molar-refractivity contribution in [2.24, 2.45) is 0 Å². The number of anilines is 3. The average molecular weight is 504 g/mol. The van der Waals surface area contributed by atoms with E-state index >= 15 is 0 Å². The van der Waals surface area contributed by atoms with Gasteiger partial charge in [-0.15, -0.1) is 0 Å². The number of benzene rings is 2. The quantitative estimate of drug-likeness (QED) is 0.482. The molecule has 12 heteroatoms. The molecule has 2 N–H and O–H groups in total. The number of rotatable bonds is 8. The molecule has 1 aromatic heterocycles. The van der Waals surface area contributed by atoms with E-state index in [-0.39, 0.29) is 10.8 Å². The lowest BCUT2D eigenvalue weighted by Gasteiger charge is -2.28. The summed E-state index contributed by atoms with van der Waals surface area (Å²) >= 11 is 0. The maximum atomic E-state index is 12.9. The van der Waals surface area contributed by atoms with Gasteiger partial charge in [-0.2, -0.15) is 0 Å². The Morgan fingerprint density at radius 2 is 1.50 bits per heavy atom. The standard InChI is InChI=1S/C22H25N5O5S2/c1-15-12-16(2)14-19(13-15)27(33(4,29)30)17(3)21(28)25-18-6-8-20(9-7-18)34(31,32)26-22-23-10-5-11-24-22/h5-14,17H,1-4H3,(H,25,28)(H,23,24,26)/t17-/m1/s1. The van der Waals surface area contributed by atoms with Gasteiger partial charge in [-0.25, -0.2) is 31.5 Å². The Morgan fingerprint density at radius 3 is 2.03 bits per heavy atom. The van der Waals surface area contributed by atoms with Gasteiger partial charge in [0.1, 0.15) is 6.04 Å². The van der Waals surface area contributed by atoms with Crippen molar-refractivity contribution in [3.8, 4) is 0 Å². The summed E-state index contributed by atoms with van der Waals surface area (Å²) in [6, 6.07) is 11.2. The van der Waals surface area contributed by atoms with Gasteiger partial charge in [0.25, 0.3) is 10.0 Å². The number of hydrogen-bond donors (Lipinski definition) is 2. The summed E-state index contributed by atoms with van der Waals surface area (Å²) in [6.45, 7) is 5.17. The summed E-state index contributed by atoms with van der Waals surface area (Å²) in [5.74, 6) is -0.642. The highest BCUT2D eigenvalue weighted by Crippen LogP contribution is 2.25. The zero-order chi connectivity index (χ0) is 25.1. The molecule has 1 amide bonds. The minimum Gasteiger partial charge on any atom is -0.324 e. The molecule has 3 rings (SSSR count). The average Bonchev–Trinajstić information content (AvgIpc) is 2.73. The molecule has 0 bridgehead atoms. The van der Waals surface area contributed by atoms with Crippen molar-refractivity contribution in [3.63, 3.8) is 0 Å². The molecule has 0 radical (unpaired) electrons. The topological polar surface area (TPSA) is 138 Å². The summed E-state index contributed by atoms with van der Waals surface area (Å²) in [6.07, 6.45) is 3.85. The van der Waals surface area contributed by atoms with Crippen molar-refractivity contribution in [2.75, 3.05) is 20.6 Å². The molecule has 0 saturated carbocycles. The maximum absolute atomic E-state index is 12.9. The number of carbonyl (C=O) groups is 1. The zero-order valence-electron chi connectivity index (χ0n) is 19.1. The summed E-state index contributed by atoms with van der Waals surface area (Å²) in [5.41, 5.74) is 2.42. The fourth-order valence-corrected chi connectivity index (χ4v) is 5.50. The number of carbonyl (C=O) groups excluding carboxylic acids is 1. The minimum absolute atomic E-state index is 0.0565. The van der Waals surface area contributed by atoms with Crippen molar-refractivity contribution >= 4 is 43.3 Å². The second kappa shape index (κ2) is 9.77. The maximum Gasteiger partial charge on any atom is 0.264 e. The molecule has 1 atom stereocenters. The highest BCUT2D eigenvalue weighted by atomic mass is 32.2. The number of sulfonamides is 2. The number of amides is 1. The number of aryl methyl sites for hydroxylation is 2. The van der Waals surface area contributed by atoms with Crippen LogP contribution < -0.4 is 14.3 Å².